The van der Waals surface area contributed by atoms with E-state index in [1.807, 2.05) is 42.6 Å². The smallest absolute Gasteiger partial charge is 0.227 e. The quantitative estimate of drug-likeness (QED) is 0.722. The molecule has 2 heterocycles. The van der Waals surface area contributed by atoms with Crippen molar-refractivity contribution in [1.82, 2.24) is 14.9 Å². The van der Waals surface area contributed by atoms with Gasteiger partial charge in [0.15, 0.2) is 0 Å². The third-order valence-corrected chi connectivity index (χ3v) is 4.41. The molecule has 3 aromatic rings. The number of aromatic nitrogens is 2. The molecule has 0 aliphatic carbocycles. The SMILES string of the molecule is COc1ccc(C(CO)N(C)C(=O)Cc2c[nH]c3ncccc23)cc1. The molecule has 0 saturated carbocycles. The lowest BCUT2D eigenvalue weighted by Crippen LogP contribution is -2.34. The van der Waals surface area contributed by atoms with Crippen molar-refractivity contribution in [3.05, 3.63) is 59.9 Å². The lowest BCUT2D eigenvalue weighted by atomic mass is 10.0. The molecule has 2 N–H and O–H groups in total. The summed E-state index contributed by atoms with van der Waals surface area (Å²) in [6, 6.07) is 10.7. The van der Waals surface area contributed by atoms with Gasteiger partial charge < -0.3 is 19.7 Å². The van der Waals surface area contributed by atoms with Gasteiger partial charge in [-0.1, -0.05) is 12.1 Å². The number of pyridine rings is 1. The van der Waals surface area contributed by atoms with Crippen LogP contribution >= 0.6 is 0 Å². The van der Waals surface area contributed by atoms with Crippen molar-refractivity contribution in [1.29, 1.82) is 0 Å². The Kier molecular flexibility index (Phi) is 5.00. The number of carbonyl (C=O) groups is 1. The van der Waals surface area contributed by atoms with Crippen molar-refractivity contribution in [2.24, 2.45) is 0 Å². The van der Waals surface area contributed by atoms with Crippen molar-refractivity contribution in [2.45, 2.75) is 12.5 Å². The number of aromatic amines is 1. The summed E-state index contributed by atoms with van der Waals surface area (Å²) in [5.41, 5.74) is 2.52. The van der Waals surface area contributed by atoms with Crippen LogP contribution in [0.1, 0.15) is 17.2 Å². The van der Waals surface area contributed by atoms with Gasteiger partial charge in [0.2, 0.25) is 5.91 Å². The van der Waals surface area contributed by atoms with Gasteiger partial charge in [-0.25, -0.2) is 4.98 Å². The van der Waals surface area contributed by atoms with E-state index in [0.29, 0.717) is 0 Å². The van der Waals surface area contributed by atoms with E-state index < -0.39 is 6.04 Å². The summed E-state index contributed by atoms with van der Waals surface area (Å²) in [6.45, 7) is -0.149. The monoisotopic (exact) mass is 339 g/mol. The Hall–Kier alpha value is -2.86. The Morgan fingerprint density at radius 2 is 2.08 bits per heavy atom. The summed E-state index contributed by atoms with van der Waals surface area (Å²) < 4.78 is 5.15. The molecule has 0 bridgehead atoms. The molecule has 2 aromatic heterocycles. The van der Waals surface area contributed by atoms with Crippen LogP contribution in [-0.4, -0.2) is 46.6 Å². The third kappa shape index (κ3) is 3.49. The maximum atomic E-state index is 12.7. The Morgan fingerprint density at radius 1 is 1.32 bits per heavy atom. The number of benzene rings is 1. The average Bonchev–Trinajstić information content (AvgIpc) is 3.06. The number of hydrogen-bond acceptors (Lipinski definition) is 4. The number of amides is 1. The molecule has 0 saturated heterocycles. The second-order valence-corrected chi connectivity index (χ2v) is 5.87. The predicted octanol–water partition coefficient (Wildman–Crippen LogP) is 2.31. The zero-order chi connectivity index (χ0) is 17.8. The molecule has 0 radical (unpaired) electrons. The van der Waals surface area contributed by atoms with Crippen LogP contribution in [0.25, 0.3) is 11.0 Å². The molecule has 1 aromatic carbocycles. The van der Waals surface area contributed by atoms with Crippen LogP contribution in [0.4, 0.5) is 0 Å². The van der Waals surface area contributed by atoms with E-state index in [-0.39, 0.29) is 18.9 Å². The van der Waals surface area contributed by atoms with Crippen LogP contribution < -0.4 is 4.74 Å². The molecular formula is C19H21N3O3. The molecule has 25 heavy (non-hydrogen) atoms. The van der Waals surface area contributed by atoms with Crippen molar-refractivity contribution in [3.8, 4) is 5.75 Å². The number of H-pyrrole nitrogens is 1. The van der Waals surface area contributed by atoms with E-state index >= 15 is 0 Å². The molecule has 6 nitrogen and oxygen atoms in total. The largest absolute Gasteiger partial charge is 0.497 e. The van der Waals surface area contributed by atoms with Gasteiger partial charge in [-0.15, -0.1) is 0 Å². The summed E-state index contributed by atoms with van der Waals surface area (Å²) in [4.78, 5) is 21.6. The standard InChI is InChI=1S/C19H21N3O3/c1-22(17(12-23)13-5-7-15(25-2)8-6-13)18(24)10-14-11-21-19-16(14)4-3-9-20-19/h3-9,11,17,23H,10,12H2,1-2H3,(H,20,21). The molecule has 1 amide bonds. The highest BCUT2D eigenvalue weighted by molar-refractivity contribution is 5.87. The summed E-state index contributed by atoms with van der Waals surface area (Å²) in [5.74, 6) is 0.667. The van der Waals surface area contributed by atoms with Gasteiger partial charge in [-0.2, -0.15) is 0 Å². The van der Waals surface area contributed by atoms with Gasteiger partial charge in [-0.05, 0) is 35.4 Å². The minimum Gasteiger partial charge on any atom is -0.497 e. The molecule has 0 aliphatic rings. The number of ether oxygens (including phenoxy) is 1. The van der Waals surface area contributed by atoms with Crippen LogP contribution in [0.2, 0.25) is 0 Å². The van der Waals surface area contributed by atoms with Gasteiger partial charge in [0.05, 0.1) is 26.2 Å². The predicted molar refractivity (Wildman–Crippen MR) is 95.4 cm³/mol. The second-order valence-electron chi connectivity index (χ2n) is 5.87. The molecule has 130 valence electrons. The number of fused-ring (bicyclic) bond motifs is 1. The number of likely N-dealkylation sites (N-methyl/N-ethyl adjacent to an activating group) is 1. The fraction of sp³-hybridized carbons (Fsp3) is 0.263. The first-order valence-electron chi connectivity index (χ1n) is 8.05. The van der Waals surface area contributed by atoms with Gasteiger partial charge in [-0.3, -0.25) is 4.79 Å². The van der Waals surface area contributed by atoms with E-state index in [2.05, 4.69) is 9.97 Å². The first-order valence-corrected chi connectivity index (χ1v) is 8.05. The van der Waals surface area contributed by atoms with Crippen molar-refractivity contribution >= 4 is 16.9 Å². The summed E-state index contributed by atoms with van der Waals surface area (Å²) in [5, 5.41) is 10.7. The van der Waals surface area contributed by atoms with Crippen molar-refractivity contribution in [2.75, 3.05) is 20.8 Å². The van der Waals surface area contributed by atoms with Gasteiger partial charge in [0.1, 0.15) is 11.4 Å². The fourth-order valence-corrected chi connectivity index (χ4v) is 2.90. The molecule has 6 heteroatoms. The first-order chi connectivity index (χ1) is 12.1. The Balaban J connectivity index is 1.77. The topological polar surface area (TPSA) is 78.5 Å². The van der Waals surface area contributed by atoms with Crippen LogP contribution in [-0.2, 0) is 11.2 Å². The van der Waals surface area contributed by atoms with E-state index in [4.69, 9.17) is 4.74 Å². The van der Waals surface area contributed by atoms with E-state index in [1.165, 1.54) is 0 Å². The zero-order valence-electron chi connectivity index (χ0n) is 14.3. The number of nitrogens with zero attached hydrogens (tertiary/aromatic N) is 2. The second kappa shape index (κ2) is 7.36. The normalized spacial score (nSPS) is 12.1. The molecule has 1 unspecified atom stereocenters. The number of hydrogen-bond donors (Lipinski definition) is 2. The van der Waals surface area contributed by atoms with Gasteiger partial charge in [0, 0.05) is 24.8 Å². The third-order valence-electron chi connectivity index (χ3n) is 4.41. The van der Waals surface area contributed by atoms with Crippen LogP contribution in [0.5, 0.6) is 5.75 Å². The van der Waals surface area contributed by atoms with E-state index in [1.54, 1.807) is 25.3 Å². The molecule has 3 rings (SSSR count). The summed E-state index contributed by atoms with van der Waals surface area (Å²) in [6.07, 6.45) is 3.77. The Bertz CT molecular complexity index is 858. The lowest BCUT2D eigenvalue weighted by molar-refractivity contribution is -0.132. The molecule has 0 fully saturated rings. The Labute approximate surface area is 146 Å². The number of nitrogens with one attached hydrogen (secondary N) is 1. The van der Waals surface area contributed by atoms with E-state index in [0.717, 1.165) is 27.9 Å². The average molecular weight is 339 g/mol. The van der Waals surface area contributed by atoms with Crippen LogP contribution in [0.15, 0.2) is 48.8 Å². The minimum absolute atomic E-state index is 0.0698. The van der Waals surface area contributed by atoms with Gasteiger partial charge >= 0.3 is 0 Å². The molecule has 0 spiro atoms. The number of carbonyl (C=O) groups excluding carboxylic acids is 1. The maximum absolute atomic E-state index is 12.7. The molecule has 0 aliphatic heterocycles. The van der Waals surface area contributed by atoms with E-state index in [9.17, 15) is 9.90 Å². The van der Waals surface area contributed by atoms with Crippen LogP contribution in [0, 0.1) is 0 Å². The molecule has 1 atom stereocenters. The Morgan fingerprint density at radius 3 is 2.76 bits per heavy atom. The lowest BCUT2D eigenvalue weighted by Gasteiger charge is -2.27. The number of rotatable bonds is 6. The highest BCUT2D eigenvalue weighted by Crippen LogP contribution is 2.23. The highest BCUT2D eigenvalue weighted by Gasteiger charge is 2.22. The number of aliphatic hydroxyl groups excluding tert-OH is 1. The number of aliphatic hydroxyl groups is 1. The van der Waals surface area contributed by atoms with Crippen LogP contribution in [0.3, 0.4) is 0 Å². The molecular weight excluding hydrogens is 318 g/mol. The minimum atomic E-state index is -0.401. The van der Waals surface area contributed by atoms with Gasteiger partial charge in [0.25, 0.3) is 0 Å². The summed E-state index contributed by atoms with van der Waals surface area (Å²) in [7, 11) is 3.31. The zero-order valence-corrected chi connectivity index (χ0v) is 14.3. The highest BCUT2D eigenvalue weighted by atomic mass is 16.5. The summed E-state index contributed by atoms with van der Waals surface area (Å²) >= 11 is 0. The first kappa shape index (κ1) is 17.0. The fourth-order valence-electron chi connectivity index (χ4n) is 2.90. The van der Waals surface area contributed by atoms with Crippen molar-refractivity contribution in [3.63, 3.8) is 0 Å². The number of methoxy groups -OCH3 is 1. The maximum Gasteiger partial charge on any atom is 0.227 e. The van der Waals surface area contributed by atoms with Crippen molar-refractivity contribution < 1.29 is 14.6 Å².